The topological polar surface area (TPSA) is 58.2 Å². The molecule has 0 aromatic heterocycles. The van der Waals surface area contributed by atoms with Gasteiger partial charge in [-0.05, 0) is 37.6 Å². The Kier molecular flexibility index (Phi) is 4.04. The Hall–Kier alpha value is -3.40. The molecular formula is C23H20N2O2. The van der Waals surface area contributed by atoms with E-state index in [4.69, 9.17) is 0 Å². The van der Waals surface area contributed by atoms with Gasteiger partial charge in [-0.1, -0.05) is 42.0 Å². The van der Waals surface area contributed by atoms with Gasteiger partial charge in [-0.2, -0.15) is 0 Å². The van der Waals surface area contributed by atoms with Crippen molar-refractivity contribution in [3.63, 3.8) is 0 Å². The molecule has 0 amide bonds. The summed E-state index contributed by atoms with van der Waals surface area (Å²) in [5, 5.41) is 6.41. The molecule has 0 radical (unpaired) electrons. The van der Waals surface area contributed by atoms with E-state index in [0.717, 1.165) is 11.3 Å². The number of benzene rings is 3. The van der Waals surface area contributed by atoms with E-state index in [1.165, 1.54) is 5.56 Å². The molecule has 0 heterocycles. The van der Waals surface area contributed by atoms with Crippen LogP contribution in [0.15, 0.2) is 54.6 Å². The van der Waals surface area contributed by atoms with Crippen LogP contribution in [0.1, 0.15) is 43.0 Å². The number of nitrogens with one attached hydrogen (secondary N) is 2. The maximum Gasteiger partial charge on any atom is 0.196 e. The summed E-state index contributed by atoms with van der Waals surface area (Å²) < 4.78 is 0. The minimum absolute atomic E-state index is 0.131. The molecule has 0 aliphatic heterocycles. The number of hydrogen-bond acceptors (Lipinski definition) is 4. The fourth-order valence-electron chi connectivity index (χ4n) is 3.63. The first-order valence-electron chi connectivity index (χ1n) is 8.88. The lowest BCUT2D eigenvalue weighted by Gasteiger charge is -2.23. The van der Waals surface area contributed by atoms with Gasteiger partial charge in [0.15, 0.2) is 11.6 Å². The second-order valence-electron chi connectivity index (χ2n) is 6.81. The molecule has 27 heavy (non-hydrogen) atoms. The largest absolute Gasteiger partial charge is 0.388 e. The minimum atomic E-state index is -0.135. The van der Waals surface area contributed by atoms with Gasteiger partial charge in [-0.15, -0.1) is 0 Å². The van der Waals surface area contributed by atoms with E-state index in [1.54, 1.807) is 31.3 Å². The molecule has 2 N–H and O–H groups in total. The molecule has 0 atom stereocenters. The number of carbonyl (C=O) groups excluding carboxylic acids is 2. The minimum Gasteiger partial charge on any atom is -0.388 e. The summed E-state index contributed by atoms with van der Waals surface area (Å²) in [5.74, 6) is -0.265. The molecular weight excluding hydrogens is 336 g/mol. The number of hydrogen-bond donors (Lipinski definition) is 2. The lowest BCUT2D eigenvalue weighted by Crippen LogP contribution is -2.23. The van der Waals surface area contributed by atoms with Crippen LogP contribution in [0.5, 0.6) is 0 Å². The molecule has 4 nitrogen and oxygen atoms in total. The molecule has 3 aromatic rings. The lowest BCUT2D eigenvalue weighted by atomic mass is 9.82. The van der Waals surface area contributed by atoms with Crippen molar-refractivity contribution in [2.75, 3.05) is 17.7 Å². The maximum absolute atomic E-state index is 13.3. The Balaban J connectivity index is 1.91. The van der Waals surface area contributed by atoms with Crippen molar-refractivity contribution >= 4 is 28.6 Å². The summed E-state index contributed by atoms with van der Waals surface area (Å²) in [5.41, 5.74) is 6.22. The van der Waals surface area contributed by atoms with Crippen LogP contribution in [-0.4, -0.2) is 18.6 Å². The molecule has 0 saturated carbocycles. The summed E-state index contributed by atoms with van der Waals surface area (Å²) in [4.78, 5) is 26.4. The normalized spacial score (nSPS) is 12.4. The van der Waals surface area contributed by atoms with Crippen molar-refractivity contribution in [3.8, 4) is 0 Å². The van der Waals surface area contributed by atoms with Gasteiger partial charge in [-0.3, -0.25) is 9.59 Å². The monoisotopic (exact) mass is 356 g/mol. The highest BCUT2D eigenvalue weighted by Gasteiger charge is 2.33. The number of rotatable bonds is 3. The van der Waals surface area contributed by atoms with E-state index < -0.39 is 0 Å². The Morgan fingerprint density at radius 3 is 1.85 bits per heavy atom. The molecule has 0 unspecified atom stereocenters. The van der Waals surface area contributed by atoms with Crippen molar-refractivity contribution in [1.29, 1.82) is 0 Å². The molecule has 4 rings (SSSR count). The lowest BCUT2D eigenvalue weighted by molar-refractivity contribution is 0.0980. The Morgan fingerprint density at radius 2 is 1.26 bits per heavy atom. The smallest absolute Gasteiger partial charge is 0.196 e. The van der Waals surface area contributed by atoms with E-state index in [9.17, 15) is 9.59 Å². The maximum atomic E-state index is 13.3. The van der Waals surface area contributed by atoms with Crippen LogP contribution in [-0.2, 0) is 0 Å². The highest BCUT2D eigenvalue weighted by Crippen LogP contribution is 2.37. The number of ketones is 2. The fourth-order valence-corrected chi connectivity index (χ4v) is 3.63. The van der Waals surface area contributed by atoms with Crippen LogP contribution >= 0.6 is 0 Å². The number of aryl methyl sites for hydroxylation is 2. The molecule has 1 aliphatic rings. The SMILES string of the molecule is CNc1ccc(Nc2ccc(C)cc2C)c2c1C(=O)c1ccccc1C2=O. The molecule has 0 spiro atoms. The van der Waals surface area contributed by atoms with E-state index in [2.05, 4.69) is 16.7 Å². The van der Waals surface area contributed by atoms with Crippen LogP contribution < -0.4 is 10.6 Å². The average Bonchev–Trinajstić information content (AvgIpc) is 2.68. The first-order chi connectivity index (χ1) is 13.0. The van der Waals surface area contributed by atoms with Gasteiger partial charge >= 0.3 is 0 Å². The number of carbonyl (C=O) groups is 2. The average molecular weight is 356 g/mol. The van der Waals surface area contributed by atoms with Gasteiger partial charge in [0.25, 0.3) is 0 Å². The molecule has 0 saturated heterocycles. The van der Waals surface area contributed by atoms with E-state index in [1.807, 2.05) is 38.1 Å². The molecule has 134 valence electrons. The Morgan fingerprint density at radius 1 is 0.704 bits per heavy atom. The zero-order chi connectivity index (χ0) is 19.1. The highest BCUT2D eigenvalue weighted by atomic mass is 16.1. The van der Waals surface area contributed by atoms with E-state index in [0.29, 0.717) is 33.6 Å². The Labute approximate surface area is 158 Å². The zero-order valence-electron chi connectivity index (χ0n) is 15.5. The first kappa shape index (κ1) is 17.0. The van der Waals surface area contributed by atoms with Crippen LogP contribution in [0.4, 0.5) is 17.1 Å². The summed E-state index contributed by atoms with van der Waals surface area (Å²) in [7, 11) is 1.76. The zero-order valence-corrected chi connectivity index (χ0v) is 15.5. The predicted octanol–water partition coefficient (Wildman–Crippen LogP) is 4.86. The summed E-state index contributed by atoms with van der Waals surface area (Å²) in [6.07, 6.45) is 0. The van der Waals surface area contributed by atoms with Gasteiger partial charge in [0.05, 0.1) is 16.8 Å². The molecule has 4 heteroatoms. The van der Waals surface area contributed by atoms with E-state index >= 15 is 0 Å². The highest BCUT2D eigenvalue weighted by molar-refractivity contribution is 6.32. The quantitative estimate of drug-likeness (QED) is 0.550. The van der Waals surface area contributed by atoms with Crippen LogP contribution in [0.2, 0.25) is 0 Å². The predicted molar refractivity (Wildman–Crippen MR) is 108 cm³/mol. The van der Waals surface area contributed by atoms with Crippen molar-refractivity contribution in [3.05, 3.63) is 88.0 Å². The summed E-state index contributed by atoms with van der Waals surface area (Å²) in [6.45, 7) is 4.06. The molecule has 3 aromatic carbocycles. The van der Waals surface area contributed by atoms with Gasteiger partial charge < -0.3 is 10.6 Å². The number of fused-ring (bicyclic) bond motifs is 2. The molecule has 1 aliphatic carbocycles. The van der Waals surface area contributed by atoms with Crippen molar-refractivity contribution in [2.24, 2.45) is 0 Å². The summed E-state index contributed by atoms with van der Waals surface area (Å²) >= 11 is 0. The Bertz CT molecular complexity index is 1100. The molecule has 0 bridgehead atoms. The second kappa shape index (κ2) is 6.40. The molecule has 0 fully saturated rings. The van der Waals surface area contributed by atoms with Crippen molar-refractivity contribution < 1.29 is 9.59 Å². The standard InChI is InChI=1S/C23H20N2O2/c1-13-8-9-17(14(2)12-13)25-19-11-10-18(24-3)20-21(19)23(27)16-7-5-4-6-15(16)22(20)26/h4-12,24-25H,1-3H3. The van der Waals surface area contributed by atoms with Crippen molar-refractivity contribution in [1.82, 2.24) is 0 Å². The third-order valence-electron chi connectivity index (χ3n) is 5.00. The summed E-state index contributed by atoms with van der Waals surface area (Å²) in [6, 6.07) is 16.8. The van der Waals surface area contributed by atoms with Crippen LogP contribution in [0, 0.1) is 13.8 Å². The number of anilines is 3. The third-order valence-corrected chi connectivity index (χ3v) is 5.00. The van der Waals surface area contributed by atoms with Crippen LogP contribution in [0.3, 0.4) is 0 Å². The van der Waals surface area contributed by atoms with Gasteiger partial charge in [0.2, 0.25) is 0 Å². The van der Waals surface area contributed by atoms with Gasteiger partial charge in [-0.25, -0.2) is 0 Å². The fraction of sp³-hybridized carbons (Fsp3) is 0.130. The van der Waals surface area contributed by atoms with Crippen molar-refractivity contribution in [2.45, 2.75) is 13.8 Å². The van der Waals surface area contributed by atoms with Crippen LogP contribution in [0.25, 0.3) is 0 Å². The second-order valence-corrected chi connectivity index (χ2v) is 6.81. The first-order valence-corrected chi connectivity index (χ1v) is 8.88. The van der Waals surface area contributed by atoms with Gasteiger partial charge in [0, 0.05) is 29.5 Å². The van der Waals surface area contributed by atoms with E-state index in [-0.39, 0.29) is 11.6 Å². The van der Waals surface area contributed by atoms with Gasteiger partial charge in [0.1, 0.15) is 0 Å². The third kappa shape index (κ3) is 2.70.